The molecule has 2 aromatic rings. The number of amides is 2. The number of hydrogen-bond acceptors (Lipinski definition) is 3. The second kappa shape index (κ2) is 7.97. The summed E-state index contributed by atoms with van der Waals surface area (Å²) in [5.74, 6) is 0. The Hall–Kier alpha value is -2.59. The van der Waals surface area contributed by atoms with Crippen LogP contribution in [0.25, 0.3) is 0 Å². The zero-order valence-corrected chi connectivity index (χ0v) is 15.4. The Morgan fingerprint density at radius 1 is 1.00 bits per heavy atom. The molecule has 0 heterocycles. The lowest BCUT2D eigenvalue weighted by atomic mass is 10.2. The molecule has 0 aromatic heterocycles. The molecule has 0 radical (unpaired) electrons. The number of nitrogens with one attached hydrogen (secondary N) is 2. The fourth-order valence-electron chi connectivity index (χ4n) is 2.09. The predicted octanol–water partition coefficient (Wildman–Crippen LogP) is 3.28. The summed E-state index contributed by atoms with van der Waals surface area (Å²) < 4.78 is 62.5. The Kier molecular flexibility index (Phi) is 6.11. The zero-order chi connectivity index (χ0) is 20.2. The second-order valence-corrected chi connectivity index (χ2v) is 7.97. The standard InChI is InChI=1S/C17H18F3N3O3S/c1-23(2)27(25,26)15-9-3-12(4-10-15)11-21-16(24)22-14-7-5-13(6-8-14)17(18,19)20/h3-10H,11H2,1-2H3,(H2,21,22,24). The van der Waals surface area contributed by atoms with Gasteiger partial charge in [-0.3, -0.25) is 0 Å². The smallest absolute Gasteiger partial charge is 0.334 e. The lowest BCUT2D eigenvalue weighted by Crippen LogP contribution is -2.28. The highest BCUT2D eigenvalue weighted by Gasteiger charge is 2.29. The molecule has 27 heavy (non-hydrogen) atoms. The first-order valence-corrected chi connectivity index (χ1v) is 9.18. The van der Waals surface area contributed by atoms with E-state index in [1.807, 2.05) is 0 Å². The molecule has 0 bridgehead atoms. The maximum absolute atomic E-state index is 12.5. The van der Waals surface area contributed by atoms with E-state index < -0.39 is 27.8 Å². The van der Waals surface area contributed by atoms with Crippen LogP contribution in [0.5, 0.6) is 0 Å². The average molecular weight is 401 g/mol. The molecule has 10 heteroatoms. The van der Waals surface area contributed by atoms with Gasteiger partial charge in [-0.25, -0.2) is 17.5 Å². The van der Waals surface area contributed by atoms with Crippen molar-refractivity contribution in [3.05, 3.63) is 59.7 Å². The molecule has 0 saturated heterocycles. The third-order valence-electron chi connectivity index (χ3n) is 3.63. The highest BCUT2D eigenvalue weighted by atomic mass is 32.2. The van der Waals surface area contributed by atoms with E-state index in [1.54, 1.807) is 12.1 Å². The molecule has 0 aliphatic rings. The molecule has 0 atom stereocenters. The molecule has 6 nitrogen and oxygen atoms in total. The molecule has 2 aromatic carbocycles. The van der Waals surface area contributed by atoms with Crippen LogP contribution in [0.15, 0.2) is 53.4 Å². The van der Waals surface area contributed by atoms with Crippen LogP contribution in [0, 0.1) is 0 Å². The Morgan fingerprint density at radius 3 is 2.04 bits per heavy atom. The van der Waals surface area contributed by atoms with Crippen molar-refractivity contribution < 1.29 is 26.4 Å². The lowest BCUT2D eigenvalue weighted by molar-refractivity contribution is -0.137. The van der Waals surface area contributed by atoms with Gasteiger partial charge >= 0.3 is 12.2 Å². The molecule has 2 amide bonds. The van der Waals surface area contributed by atoms with Gasteiger partial charge in [0.25, 0.3) is 0 Å². The van der Waals surface area contributed by atoms with Crippen molar-refractivity contribution in [1.29, 1.82) is 0 Å². The van der Waals surface area contributed by atoms with Crippen molar-refractivity contribution in [2.24, 2.45) is 0 Å². The Labute approximate surface area is 155 Å². The van der Waals surface area contributed by atoms with Gasteiger partial charge in [-0.2, -0.15) is 13.2 Å². The molecule has 0 unspecified atom stereocenters. The molecule has 2 N–H and O–H groups in total. The number of carbonyl (C=O) groups is 1. The van der Waals surface area contributed by atoms with E-state index in [9.17, 15) is 26.4 Å². The van der Waals surface area contributed by atoms with Crippen LogP contribution in [0.3, 0.4) is 0 Å². The largest absolute Gasteiger partial charge is 0.416 e. The predicted molar refractivity (Wildman–Crippen MR) is 94.6 cm³/mol. The van der Waals surface area contributed by atoms with E-state index in [-0.39, 0.29) is 17.1 Å². The van der Waals surface area contributed by atoms with Gasteiger partial charge in [0.2, 0.25) is 10.0 Å². The van der Waals surface area contributed by atoms with Gasteiger partial charge < -0.3 is 10.6 Å². The first kappa shape index (κ1) is 20.7. The zero-order valence-electron chi connectivity index (χ0n) is 14.5. The quantitative estimate of drug-likeness (QED) is 0.807. The number of urea groups is 1. The van der Waals surface area contributed by atoms with Gasteiger partial charge in [0.15, 0.2) is 0 Å². The summed E-state index contributed by atoms with van der Waals surface area (Å²) in [4.78, 5) is 12.0. The minimum absolute atomic E-state index is 0.120. The number of anilines is 1. The van der Waals surface area contributed by atoms with Gasteiger partial charge in [0.1, 0.15) is 0 Å². The van der Waals surface area contributed by atoms with E-state index in [4.69, 9.17) is 0 Å². The van der Waals surface area contributed by atoms with Gasteiger partial charge in [-0.05, 0) is 42.0 Å². The summed E-state index contributed by atoms with van der Waals surface area (Å²) >= 11 is 0. The Morgan fingerprint density at radius 2 is 1.56 bits per heavy atom. The third kappa shape index (κ3) is 5.44. The highest BCUT2D eigenvalue weighted by Crippen LogP contribution is 2.29. The third-order valence-corrected chi connectivity index (χ3v) is 5.45. The lowest BCUT2D eigenvalue weighted by Gasteiger charge is -2.12. The molecule has 0 aliphatic carbocycles. The Bertz CT molecular complexity index is 894. The number of sulfonamides is 1. The topological polar surface area (TPSA) is 78.5 Å². The van der Waals surface area contributed by atoms with Crippen molar-refractivity contribution in [3.8, 4) is 0 Å². The summed E-state index contributed by atoms with van der Waals surface area (Å²) in [6.45, 7) is 0.120. The van der Waals surface area contributed by atoms with Crippen LogP contribution in [0.4, 0.5) is 23.7 Å². The summed E-state index contributed by atoms with van der Waals surface area (Å²) in [6, 6.07) is 9.45. The van der Waals surface area contributed by atoms with Crippen molar-refractivity contribution in [3.63, 3.8) is 0 Å². The number of alkyl halides is 3. The molecule has 0 saturated carbocycles. The van der Waals surface area contributed by atoms with Crippen LogP contribution >= 0.6 is 0 Å². The van der Waals surface area contributed by atoms with Gasteiger partial charge in [-0.15, -0.1) is 0 Å². The molecule has 146 valence electrons. The fourth-order valence-corrected chi connectivity index (χ4v) is 2.99. The molecule has 0 spiro atoms. The minimum Gasteiger partial charge on any atom is -0.334 e. The summed E-state index contributed by atoms with van der Waals surface area (Å²) in [6.07, 6.45) is -4.44. The number of rotatable bonds is 5. The maximum Gasteiger partial charge on any atom is 0.416 e. The van der Waals surface area contributed by atoms with Crippen LogP contribution in [-0.4, -0.2) is 32.8 Å². The fraction of sp³-hybridized carbons (Fsp3) is 0.235. The number of hydrogen-bond donors (Lipinski definition) is 2. The van der Waals surface area contributed by atoms with Crippen LogP contribution < -0.4 is 10.6 Å². The van der Waals surface area contributed by atoms with Gasteiger partial charge in [-0.1, -0.05) is 12.1 Å². The van der Waals surface area contributed by atoms with E-state index in [0.29, 0.717) is 5.56 Å². The normalized spacial score (nSPS) is 12.1. The molecule has 0 fully saturated rings. The second-order valence-electron chi connectivity index (χ2n) is 5.81. The van der Waals surface area contributed by atoms with Crippen LogP contribution in [-0.2, 0) is 22.7 Å². The number of benzene rings is 2. The number of nitrogens with zero attached hydrogens (tertiary/aromatic N) is 1. The van der Waals surface area contributed by atoms with Crippen molar-refractivity contribution in [2.45, 2.75) is 17.6 Å². The van der Waals surface area contributed by atoms with Crippen LogP contribution in [0.1, 0.15) is 11.1 Å². The SMILES string of the molecule is CN(C)S(=O)(=O)c1ccc(CNC(=O)Nc2ccc(C(F)(F)F)cc2)cc1. The Balaban J connectivity index is 1.92. The summed E-state index contributed by atoms with van der Waals surface area (Å²) in [5, 5.41) is 4.96. The van der Waals surface area contributed by atoms with Gasteiger partial charge in [0.05, 0.1) is 10.5 Å². The van der Waals surface area contributed by atoms with Crippen molar-refractivity contribution in [2.75, 3.05) is 19.4 Å². The maximum atomic E-state index is 12.5. The number of halogens is 3. The molecular weight excluding hydrogens is 383 g/mol. The van der Waals surface area contributed by atoms with Crippen molar-refractivity contribution in [1.82, 2.24) is 9.62 Å². The first-order chi connectivity index (χ1) is 12.5. The van der Waals surface area contributed by atoms with E-state index >= 15 is 0 Å². The number of carbonyl (C=O) groups excluding carboxylic acids is 1. The van der Waals surface area contributed by atoms with E-state index in [2.05, 4.69) is 10.6 Å². The molecular formula is C17H18F3N3O3S. The molecule has 0 aliphatic heterocycles. The van der Waals surface area contributed by atoms with Gasteiger partial charge in [0, 0.05) is 26.3 Å². The first-order valence-electron chi connectivity index (χ1n) is 7.74. The van der Waals surface area contributed by atoms with E-state index in [1.165, 1.54) is 26.2 Å². The summed E-state index contributed by atoms with van der Waals surface area (Å²) in [7, 11) is -0.672. The summed E-state index contributed by atoms with van der Waals surface area (Å²) in [5.41, 5.74) is 0.0735. The van der Waals surface area contributed by atoms with Crippen molar-refractivity contribution >= 4 is 21.7 Å². The van der Waals surface area contributed by atoms with E-state index in [0.717, 1.165) is 28.6 Å². The van der Waals surface area contributed by atoms with Crippen LogP contribution in [0.2, 0.25) is 0 Å². The monoisotopic (exact) mass is 401 g/mol. The molecule has 2 rings (SSSR count). The highest BCUT2D eigenvalue weighted by molar-refractivity contribution is 7.89. The minimum atomic E-state index is -4.44. The average Bonchev–Trinajstić information content (AvgIpc) is 2.60.